The van der Waals surface area contributed by atoms with Gasteiger partial charge in [0.15, 0.2) is 0 Å². The Labute approximate surface area is 113 Å². The molecular formula is C15H21FN2O. The number of halogens is 1. The summed E-state index contributed by atoms with van der Waals surface area (Å²) < 4.78 is 12.9. The third kappa shape index (κ3) is 4.31. The zero-order valence-corrected chi connectivity index (χ0v) is 11.4. The van der Waals surface area contributed by atoms with Crippen LogP contribution >= 0.6 is 0 Å². The highest BCUT2D eigenvalue weighted by atomic mass is 19.1. The average molecular weight is 264 g/mol. The van der Waals surface area contributed by atoms with E-state index in [4.69, 9.17) is 0 Å². The van der Waals surface area contributed by atoms with Crippen molar-refractivity contribution in [2.24, 2.45) is 0 Å². The number of amides is 1. The van der Waals surface area contributed by atoms with E-state index in [-0.39, 0.29) is 11.7 Å². The molecule has 0 aliphatic heterocycles. The lowest BCUT2D eigenvalue weighted by molar-refractivity contribution is -0.132. The van der Waals surface area contributed by atoms with E-state index >= 15 is 0 Å². The van der Waals surface area contributed by atoms with Crippen molar-refractivity contribution in [1.82, 2.24) is 10.2 Å². The fraction of sp³-hybridized carbons (Fsp3) is 0.533. The number of rotatable bonds is 7. The Morgan fingerprint density at radius 3 is 2.63 bits per heavy atom. The predicted octanol–water partition coefficient (Wildman–Crippen LogP) is 2.32. The third-order valence-electron chi connectivity index (χ3n) is 3.34. The van der Waals surface area contributed by atoms with Crippen LogP contribution in [0.15, 0.2) is 24.3 Å². The van der Waals surface area contributed by atoms with Crippen molar-refractivity contribution in [3.05, 3.63) is 35.6 Å². The van der Waals surface area contributed by atoms with Gasteiger partial charge in [-0.1, -0.05) is 19.1 Å². The highest BCUT2D eigenvalue weighted by Gasteiger charge is 2.32. The zero-order chi connectivity index (χ0) is 13.7. The van der Waals surface area contributed by atoms with Crippen molar-refractivity contribution in [3.8, 4) is 0 Å². The normalized spacial score (nSPS) is 14.4. The highest BCUT2D eigenvalue weighted by molar-refractivity contribution is 5.77. The number of benzene rings is 1. The minimum absolute atomic E-state index is 0.188. The van der Waals surface area contributed by atoms with Gasteiger partial charge >= 0.3 is 0 Å². The van der Waals surface area contributed by atoms with Gasteiger partial charge in [0.1, 0.15) is 5.82 Å². The second-order valence-electron chi connectivity index (χ2n) is 4.98. The number of nitrogens with zero attached hydrogens (tertiary/aromatic N) is 1. The van der Waals surface area contributed by atoms with E-state index in [1.54, 1.807) is 12.1 Å². The second-order valence-corrected chi connectivity index (χ2v) is 4.98. The molecule has 4 heteroatoms. The molecule has 0 heterocycles. The summed E-state index contributed by atoms with van der Waals surface area (Å²) in [7, 11) is 0. The SMILES string of the molecule is CCNCCC(=O)N(Cc1ccc(F)cc1)C1CC1. The van der Waals surface area contributed by atoms with Crippen molar-refractivity contribution >= 4 is 5.91 Å². The summed E-state index contributed by atoms with van der Waals surface area (Å²) in [6.45, 7) is 4.23. The van der Waals surface area contributed by atoms with Crippen LogP contribution in [-0.4, -0.2) is 29.9 Å². The van der Waals surface area contributed by atoms with Crippen molar-refractivity contribution in [3.63, 3.8) is 0 Å². The summed E-state index contributed by atoms with van der Waals surface area (Å²) in [5, 5.41) is 3.17. The molecule has 1 aromatic rings. The van der Waals surface area contributed by atoms with Crippen LogP contribution in [-0.2, 0) is 11.3 Å². The van der Waals surface area contributed by atoms with E-state index in [1.807, 2.05) is 11.8 Å². The van der Waals surface area contributed by atoms with Gasteiger partial charge in [-0.05, 0) is 37.1 Å². The van der Waals surface area contributed by atoms with Crippen molar-refractivity contribution < 1.29 is 9.18 Å². The molecule has 1 aromatic carbocycles. The van der Waals surface area contributed by atoms with Gasteiger partial charge in [-0.25, -0.2) is 4.39 Å². The van der Waals surface area contributed by atoms with Gasteiger partial charge in [0.05, 0.1) is 0 Å². The van der Waals surface area contributed by atoms with Crippen LogP contribution in [0.1, 0.15) is 31.7 Å². The standard InChI is InChI=1S/C15H21FN2O/c1-2-17-10-9-15(19)18(14-7-8-14)11-12-3-5-13(16)6-4-12/h3-6,14,17H,2,7-11H2,1H3. The van der Waals surface area contributed by atoms with E-state index in [0.29, 0.717) is 19.0 Å². The Balaban J connectivity index is 1.92. The molecule has 1 amide bonds. The maximum Gasteiger partial charge on any atom is 0.224 e. The minimum atomic E-state index is -0.236. The smallest absolute Gasteiger partial charge is 0.224 e. The predicted molar refractivity (Wildman–Crippen MR) is 73.1 cm³/mol. The maximum absolute atomic E-state index is 12.9. The molecule has 1 fully saturated rings. The molecule has 3 nitrogen and oxygen atoms in total. The molecule has 2 rings (SSSR count). The van der Waals surface area contributed by atoms with Crippen LogP contribution in [0.2, 0.25) is 0 Å². The molecule has 0 radical (unpaired) electrons. The molecule has 0 saturated heterocycles. The molecule has 1 aliphatic carbocycles. The number of carbonyl (C=O) groups excluding carboxylic acids is 1. The monoisotopic (exact) mass is 264 g/mol. The Bertz CT molecular complexity index is 415. The van der Waals surface area contributed by atoms with Crippen LogP contribution in [0, 0.1) is 5.82 Å². The van der Waals surface area contributed by atoms with Crippen LogP contribution in [0.4, 0.5) is 4.39 Å². The number of hydrogen-bond acceptors (Lipinski definition) is 2. The topological polar surface area (TPSA) is 32.3 Å². The molecule has 104 valence electrons. The number of hydrogen-bond donors (Lipinski definition) is 1. The Hall–Kier alpha value is -1.42. The first kappa shape index (κ1) is 14.0. The van der Waals surface area contributed by atoms with E-state index in [9.17, 15) is 9.18 Å². The largest absolute Gasteiger partial charge is 0.335 e. The Morgan fingerprint density at radius 1 is 1.37 bits per heavy atom. The maximum atomic E-state index is 12.9. The van der Waals surface area contributed by atoms with E-state index in [1.165, 1.54) is 12.1 Å². The quantitative estimate of drug-likeness (QED) is 0.767. The van der Waals surface area contributed by atoms with Gasteiger partial charge in [-0.2, -0.15) is 0 Å². The first-order valence-electron chi connectivity index (χ1n) is 6.95. The van der Waals surface area contributed by atoms with Crippen LogP contribution in [0.25, 0.3) is 0 Å². The fourth-order valence-corrected chi connectivity index (χ4v) is 2.11. The molecule has 1 saturated carbocycles. The molecule has 1 N–H and O–H groups in total. The van der Waals surface area contributed by atoms with Gasteiger partial charge in [0, 0.05) is 25.6 Å². The summed E-state index contributed by atoms with van der Waals surface area (Å²) in [4.78, 5) is 14.1. The summed E-state index contributed by atoms with van der Waals surface area (Å²) in [5.41, 5.74) is 0.991. The second kappa shape index (κ2) is 6.66. The molecule has 0 aromatic heterocycles. The molecule has 1 aliphatic rings. The summed E-state index contributed by atoms with van der Waals surface area (Å²) >= 11 is 0. The summed E-state index contributed by atoms with van der Waals surface area (Å²) in [6.07, 6.45) is 2.72. The molecule has 0 atom stereocenters. The van der Waals surface area contributed by atoms with E-state index in [0.717, 1.165) is 31.5 Å². The van der Waals surface area contributed by atoms with Crippen LogP contribution in [0.3, 0.4) is 0 Å². The van der Waals surface area contributed by atoms with Crippen molar-refractivity contribution in [1.29, 1.82) is 0 Å². The lowest BCUT2D eigenvalue weighted by Gasteiger charge is -2.22. The van der Waals surface area contributed by atoms with E-state index < -0.39 is 0 Å². The first-order chi connectivity index (χ1) is 9.20. The van der Waals surface area contributed by atoms with E-state index in [2.05, 4.69) is 5.32 Å². The summed E-state index contributed by atoms with van der Waals surface area (Å²) in [5.74, 6) is -0.0482. The first-order valence-corrected chi connectivity index (χ1v) is 6.95. The number of nitrogens with one attached hydrogen (secondary N) is 1. The fourth-order valence-electron chi connectivity index (χ4n) is 2.11. The lowest BCUT2D eigenvalue weighted by atomic mass is 10.2. The van der Waals surface area contributed by atoms with Crippen molar-refractivity contribution in [2.75, 3.05) is 13.1 Å². The van der Waals surface area contributed by atoms with Crippen molar-refractivity contribution in [2.45, 2.75) is 38.8 Å². The van der Waals surface area contributed by atoms with Gasteiger partial charge in [0.2, 0.25) is 5.91 Å². The minimum Gasteiger partial charge on any atom is -0.335 e. The van der Waals surface area contributed by atoms with Crippen LogP contribution < -0.4 is 5.32 Å². The van der Waals surface area contributed by atoms with Gasteiger partial charge in [-0.15, -0.1) is 0 Å². The zero-order valence-electron chi connectivity index (χ0n) is 11.4. The highest BCUT2D eigenvalue weighted by Crippen LogP contribution is 2.28. The third-order valence-corrected chi connectivity index (χ3v) is 3.34. The van der Waals surface area contributed by atoms with Crippen LogP contribution in [0.5, 0.6) is 0 Å². The Morgan fingerprint density at radius 2 is 2.05 bits per heavy atom. The van der Waals surface area contributed by atoms with Gasteiger partial charge in [-0.3, -0.25) is 4.79 Å². The molecule has 0 unspecified atom stereocenters. The average Bonchev–Trinajstić information content (AvgIpc) is 3.22. The molecule has 19 heavy (non-hydrogen) atoms. The van der Waals surface area contributed by atoms with Gasteiger partial charge in [0.25, 0.3) is 0 Å². The molecule has 0 bridgehead atoms. The van der Waals surface area contributed by atoms with Gasteiger partial charge < -0.3 is 10.2 Å². The molecular weight excluding hydrogens is 243 g/mol. The molecule has 0 spiro atoms. The lowest BCUT2D eigenvalue weighted by Crippen LogP contribution is -2.34. The summed E-state index contributed by atoms with van der Waals surface area (Å²) in [6, 6.07) is 6.79. The Kier molecular flexibility index (Phi) is 4.91. The number of carbonyl (C=O) groups is 1.